The Hall–Kier alpha value is -0.720. The minimum Gasteiger partial charge on any atom is -0.367 e. The van der Waals surface area contributed by atoms with E-state index in [4.69, 9.17) is 1.41 Å². The molecule has 0 fully saturated rings. The molecule has 0 atom stereocenters. The Kier molecular flexibility index (Phi) is 3.01. The van der Waals surface area contributed by atoms with Gasteiger partial charge in [-0.05, 0) is 18.6 Å². The zero-order valence-corrected chi connectivity index (χ0v) is 5.68. The van der Waals surface area contributed by atoms with Crippen molar-refractivity contribution < 1.29 is 1.41 Å². The predicted octanol–water partition coefficient (Wildman–Crippen LogP) is 2.35. The van der Waals surface area contributed by atoms with E-state index in [1.165, 1.54) is 4.98 Å². The molecule has 0 bridgehead atoms. The second kappa shape index (κ2) is 4.44. The van der Waals surface area contributed by atoms with Gasteiger partial charge in [-0.25, -0.2) is 0 Å². The van der Waals surface area contributed by atoms with Crippen LogP contribution in [0.4, 0.5) is 0 Å². The van der Waals surface area contributed by atoms with Gasteiger partial charge < -0.3 is 4.98 Å². The van der Waals surface area contributed by atoms with Crippen LogP contribution in [0.25, 0.3) is 0 Å². The van der Waals surface area contributed by atoms with Crippen molar-refractivity contribution in [1.29, 1.82) is 0 Å². The lowest BCUT2D eigenvalue weighted by atomic mass is 10.4. The van der Waals surface area contributed by atoms with Crippen molar-refractivity contribution in [3.63, 3.8) is 0 Å². The Bertz CT molecular complexity index is 141. The van der Waals surface area contributed by atoms with Gasteiger partial charge in [-0.1, -0.05) is 13.8 Å². The lowest BCUT2D eigenvalue weighted by molar-refractivity contribution is 1.39. The van der Waals surface area contributed by atoms with Crippen LogP contribution in [0.2, 0.25) is 1.41 Å². The molecule has 0 aliphatic rings. The smallest absolute Gasteiger partial charge is 0.165 e. The predicted molar refractivity (Wildman–Crippen MR) is 36.9 cm³/mol. The maximum absolute atomic E-state index is 6.93. The summed E-state index contributed by atoms with van der Waals surface area (Å²) >= 11 is 0. The summed E-state index contributed by atoms with van der Waals surface area (Å²) in [5, 5.41) is 0. The summed E-state index contributed by atoms with van der Waals surface area (Å²) in [6.07, 6.45) is 3.45. The topological polar surface area (TPSA) is 15.8 Å². The van der Waals surface area contributed by atoms with Crippen molar-refractivity contribution in [1.82, 2.24) is 4.98 Å². The minimum absolute atomic E-state index is 1.13. The number of rotatable bonds is 0. The van der Waals surface area contributed by atoms with Gasteiger partial charge in [0.15, 0.2) is 1.41 Å². The van der Waals surface area contributed by atoms with Crippen molar-refractivity contribution in [2.45, 2.75) is 20.8 Å². The van der Waals surface area contributed by atoms with Crippen molar-refractivity contribution in [3.05, 3.63) is 24.0 Å². The summed E-state index contributed by atoms with van der Waals surface area (Å²) < 4.78 is 6.93. The van der Waals surface area contributed by atoms with Crippen molar-refractivity contribution in [2.24, 2.45) is 0 Å². The maximum Gasteiger partial charge on any atom is 0.165 e. The standard InChI is InChI=1S/C5H7N.C2H6/c1-5-2-3-6-4-5;1-2/h2-4,6H,1H3;1-2H3/i/hT. The lowest BCUT2D eigenvalue weighted by Crippen LogP contribution is -1.50. The molecule has 0 saturated heterocycles. The van der Waals surface area contributed by atoms with Gasteiger partial charge in [0.1, 0.15) is 0 Å². The molecular formula is C7H13N. The molecule has 0 radical (unpaired) electrons. The van der Waals surface area contributed by atoms with Gasteiger partial charge in [0, 0.05) is 12.4 Å². The fourth-order valence-corrected chi connectivity index (χ4v) is 0.364. The quantitative estimate of drug-likeness (QED) is 0.531. The van der Waals surface area contributed by atoms with E-state index >= 15 is 0 Å². The summed E-state index contributed by atoms with van der Waals surface area (Å²) in [6, 6.07) is 1.90. The number of hydrogen-bond acceptors (Lipinski definition) is 0. The molecule has 0 saturated carbocycles. The first kappa shape index (κ1) is 5.42. The molecule has 1 heteroatoms. The highest BCUT2D eigenvalue weighted by Crippen LogP contribution is 1.88. The van der Waals surface area contributed by atoms with E-state index in [2.05, 4.69) is 0 Å². The van der Waals surface area contributed by atoms with Gasteiger partial charge in [-0.3, -0.25) is 0 Å². The molecule has 46 valence electrons. The molecule has 0 unspecified atom stereocenters. The van der Waals surface area contributed by atoms with Gasteiger partial charge in [0.25, 0.3) is 0 Å². The molecule has 0 amide bonds. The molecule has 1 rings (SSSR count). The second-order valence-electron chi connectivity index (χ2n) is 1.34. The van der Waals surface area contributed by atoms with Crippen LogP contribution in [-0.2, 0) is 0 Å². The molecule has 1 nitrogen and oxygen atoms in total. The van der Waals surface area contributed by atoms with Gasteiger partial charge in [0.05, 0.1) is 0 Å². The average Bonchev–Trinajstić information content (AvgIpc) is 2.20. The monoisotopic (exact) mass is 113 g/mol. The van der Waals surface area contributed by atoms with Crippen LogP contribution in [-0.4, -0.2) is 4.98 Å². The first-order chi connectivity index (χ1) is 4.29. The number of aromatic nitrogens is 1. The van der Waals surface area contributed by atoms with E-state index in [1.807, 2.05) is 26.8 Å². The van der Waals surface area contributed by atoms with Crippen LogP contribution in [0.1, 0.15) is 19.4 Å². The van der Waals surface area contributed by atoms with Gasteiger partial charge in [-0.2, -0.15) is 0 Å². The minimum atomic E-state index is 1.13. The van der Waals surface area contributed by atoms with E-state index in [0.717, 1.165) is 5.56 Å². The number of nitrogens with one attached hydrogen (secondary N) is 1. The third-order valence-electron chi connectivity index (χ3n) is 0.702. The van der Waals surface area contributed by atoms with Gasteiger partial charge in [0.2, 0.25) is 0 Å². The van der Waals surface area contributed by atoms with Crippen LogP contribution in [0.5, 0.6) is 0 Å². The van der Waals surface area contributed by atoms with Crippen molar-refractivity contribution in [3.8, 4) is 0 Å². The Balaban J connectivity index is 0.000000291. The first-order valence-corrected chi connectivity index (χ1v) is 2.93. The molecule has 0 aliphatic carbocycles. The second-order valence-corrected chi connectivity index (χ2v) is 1.34. The molecule has 8 heavy (non-hydrogen) atoms. The first-order valence-electron chi connectivity index (χ1n) is 3.37. The molecule has 1 aromatic rings. The number of hydrogen-bond donors (Lipinski definition) is 1. The Morgan fingerprint density at radius 2 is 2.25 bits per heavy atom. The third-order valence-corrected chi connectivity index (χ3v) is 0.702. The highest BCUT2D eigenvalue weighted by atomic mass is 14.6. The Morgan fingerprint density at radius 1 is 1.62 bits per heavy atom. The van der Waals surface area contributed by atoms with E-state index in [0.29, 0.717) is 0 Å². The fourth-order valence-electron chi connectivity index (χ4n) is 0.364. The van der Waals surface area contributed by atoms with Crippen LogP contribution >= 0.6 is 0 Å². The van der Waals surface area contributed by atoms with Gasteiger partial charge >= 0.3 is 0 Å². The zero-order chi connectivity index (χ0) is 7.28. The SMILES string of the molecule is CC.[3H]n1ccc(C)c1. The van der Waals surface area contributed by atoms with Crippen molar-refractivity contribution in [2.75, 3.05) is 0 Å². The van der Waals surface area contributed by atoms with Gasteiger partial charge in [-0.15, -0.1) is 0 Å². The van der Waals surface area contributed by atoms with Crippen LogP contribution in [0.3, 0.4) is 0 Å². The summed E-state index contributed by atoms with van der Waals surface area (Å²) in [5.74, 6) is 0. The molecule has 0 aliphatic heterocycles. The largest absolute Gasteiger partial charge is 0.367 e. The molecule has 1 N–H and O–H groups in total. The average molecular weight is 113 g/mol. The van der Waals surface area contributed by atoms with Crippen LogP contribution in [0, 0.1) is 6.92 Å². The third kappa shape index (κ3) is 2.45. The van der Waals surface area contributed by atoms with Crippen LogP contribution < -0.4 is 0 Å². The lowest BCUT2D eigenvalue weighted by Gasteiger charge is -1.65. The summed E-state index contributed by atoms with van der Waals surface area (Å²) in [4.78, 5) is 1.29. The summed E-state index contributed by atoms with van der Waals surface area (Å²) in [7, 11) is 0. The number of aryl methyl sites for hydroxylation is 1. The molecule has 1 aromatic heterocycles. The number of aromatic amines is 1. The summed E-state index contributed by atoms with van der Waals surface area (Å²) in [5.41, 5.74) is 1.13. The van der Waals surface area contributed by atoms with E-state index in [9.17, 15) is 0 Å². The highest BCUT2D eigenvalue weighted by Gasteiger charge is 1.73. The highest BCUT2D eigenvalue weighted by molar-refractivity contribution is 5.03. The molecule has 1 heterocycles. The Labute approximate surface area is 52.2 Å². The van der Waals surface area contributed by atoms with E-state index in [-0.39, 0.29) is 0 Å². The van der Waals surface area contributed by atoms with Crippen LogP contribution in [0.15, 0.2) is 18.5 Å². The summed E-state index contributed by atoms with van der Waals surface area (Å²) in [6.45, 7) is 5.96. The molecular weight excluding hydrogens is 98.1 g/mol. The Morgan fingerprint density at radius 3 is 2.38 bits per heavy atom. The maximum atomic E-state index is 6.93. The van der Waals surface area contributed by atoms with E-state index in [1.54, 1.807) is 12.4 Å². The van der Waals surface area contributed by atoms with E-state index < -0.39 is 0 Å². The molecule has 0 spiro atoms. The number of H-pyrrole nitrogens is 1. The normalized spacial score (nSPS) is 9.12. The fraction of sp³-hybridized carbons (Fsp3) is 0.429. The van der Waals surface area contributed by atoms with Crippen molar-refractivity contribution >= 4 is 0 Å². The molecule has 0 aromatic carbocycles. The zero-order valence-electron chi connectivity index (χ0n) is 6.68.